The molecule has 4 bridgehead atoms. The summed E-state index contributed by atoms with van der Waals surface area (Å²) in [6.45, 7) is 2.10. The van der Waals surface area contributed by atoms with Crippen LogP contribution in [-0.2, 0) is 16.0 Å². The maximum Gasteiger partial charge on any atom is 0.220 e. The van der Waals surface area contributed by atoms with Crippen molar-refractivity contribution in [2.75, 3.05) is 7.11 Å². The third-order valence-electron chi connectivity index (χ3n) is 9.20. The molecule has 7 heteroatoms. The third-order valence-corrected chi connectivity index (χ3v) is 9.20. The van der Waals surface area contributed by atoms with Crippen molar-refractivity contribution in [2.24, 2.45) is 17.3 Å². The number of amides is 2. The first-order valence-corrected chi connectivity index (χ1v) is 12.8. The van der Waals surface area contributed by atoms with Gasteiger partial charge in [0.25, 0.3) is 0 Å². The molecule has 5 aliphatic rings. The van der Waals surface area contributed by atoms with Crippen LogP contribution in [0.15, 0.2) is 18.2 Å². The number of halogens is 1. The molecule has 6 rings (SSSR count). The van der Waals surface area contributed by atoms with Crippen molar-refractivity contribution in [3.63, 3.8) is 0 Å². The van der Waals surface area contributed by atoms with E-state index >= 15 is 0 Å². The second-order valence-corrected chi connectivity index (χ2v) is 11.8. The van der Waals surface area contributed by atoms with E-state index in [-0.39, 0.29) is 29.0 Å². The third kappa shape index (κ3) is 4.43. The molecule has 1 saturated heterocycles. The zero-order valence-electron chi connectivity index (χ0n) is 20.3. The number of benzene rings is 1. The smallest absolute Gasteiger partial charge is 0.220 e. The standard InChI is InChI=1S/C27H37FN2O4/c1-17(25-11-19-9-20(12-25)15-27(33,14-19)16-25)29-23(31)5-7-26(8-6-24(32)30-26)13-18-3-4-21(28)22(10-18)34-2/h3-4,10,17,19-20,33H,5-9,11-16H2,1-2H3,(H,29,31)(H,30,32). The average Bonchev–Trinajstić information content (AvgIpc) is 3.12. The van der Waals surface area contributed by atoms with Gasteiger partial charge >= 0.3 is 0 Å². The van der Waals surface area contributed by atoms with Gasteiger partial charge in [-0.1, -0.05) is 6.07 Å². The summed E-state index contributed by atoms with van der Waals surface area (Å²) in [4.78, 5) is 25.2. The molecule has 5 fully saturated rings. The van der Waals surface area contributed by atoms with Gasteiger partial charge in [0.1, 0.15) is 0 Å². The molecule has 2 amide bonds. The van der Waals surface area contributed by atoms with Gasteiger partial charge in [-0.15, -0.1) is 0 Å². The van der Waals surface area contributed by atoms with Crippen LogP contribution in [0.25, 0.3) is 0 Å². The number of rotatable bonds is 8. The molecular formula is C27H37FN2O4. The molecule has 3 N–H and O–H groups in total. The Labute approximate surface area is 201 Å². The fraction of sp³-hybridized carbons (Fsp3) is 0.704. The van der Waals surface area contributed by atoms with E-state index in [4.69, 9.17) is 4.74 Å². The molecule has 4 aliphatic carbocycles. The Balaban J connectivity index is 1.23. The maximum absolute atomic E-state index is 13.8. The highest BCUT2D eigenvalue weighted by Gasteiger charge is 2.59. The van der Waals surface area contributed by atoms with Crippen molar-refractivity contribution in [3.05, 3.63) is 29.6 Å². The zero-order valence-corrected chi connectivity index (χ0v) is 20.3. The number of ether oxygens (including phenoxy) is 1. The van der Waals surface area contributed by atoms with Crippen molar-refractivity contribution >= 4 is 11.8 Å². The fourth-order valence-electron chi connectivity index (χ4n) is 8.00. The van der Waals surface area contributed by atoms with Gasteiger partial charge in [0, 0.05) is 24.4 Å². The lowest BCUT2D eigenvalue weighted by Gasteiger charge is -2.62. The molecule has 1 aliphatic heterocycles. The SMILES string of the molecule is COc1cc(CC2(CCC(=O)NC(C)C34CC5CC(CC(O)(C5)C3)C4)CCC(=O)N2)ccc1F. The van der Waals surface area contributed by atoms with E-state index in [0.717, 1.165) is 37.7 Å². The van der Waals surface area contributed by atoms with Gasteiger partial charge < -0.3 is 20.5 Å². The first-order valence-electron chi connectivity index (χ1n) is 12.8. The van der Waals surface area contributed by atoms with E-state index in [1.165, 1.54) is 19.6 Å². The Hall–Kier alpha value is -2.15. The number of carbonyl (C=O) groups excluding carboxylic acids is 2. The van der Waals surface area contributed by atoms with E-state index in [0.29, 0.717) is 43.9 Å². The summed E-state index contributed by atoms with van der Waals surface area (Å²) in [7, 11) is 1.43. The van der Waals surface area contributed by atoms with Crippen LogP contribution in [0.4, 0.5) is 4.39 Å². The Morgan fingerprint density at radius 2 is 2.03 bits per heavy atom. The van der Waals surface area contributed by atoms with Crippen LogP contribution in [0.1, 0.15) is 76.7 Å². The quantitative estimate of drug-likeness (QED) is 0.539. The van der Waals surface area contributed by atoms with Gasteiger partial charge in [-0.05, 0) is 99.7 Å². The Morgan fingerprint density at radius 1 is 1.29 bits per heavy atom. The maximum atomic E-state index is 13.8. The summed E-state index contributed by atoms with van der Waals surface area (Å²) in [6.07, 6.45) is 8.50. The molecule has 6 nitrogen and oxygen atoms in total. The molecular weight excluding hydrogens is 435 g/mol. The predicted molar refractivity (Wildman–Crippen MR) is 126 cm³/mol. The molecule has 0 aromatic heterocycles. The molecule has 34 heavy (non-hydrogen) atoms. The minimum absolute atomic E-state index is 0.00157. The van der Waals surface area contributed by atoms with Gasteiger partial charge in [0.05, 0.1) is 12.7 Å². The summed E-state index contributed by atoms with van der Waals surface area (Å²) in [5.74, 6) is 0.905. The van der Waals surface area contributed by atoms with E-state index in [2.05, 4.69) is 17.6 Å². The minimum Gasteiger partial charge on any atom is -0.494 e. The average molecular weight is 473 g/mol. The number of methoxy groups -OCH3 is 1. The number of nitrogens with one attached hydrogen (secondary N) is 2. The second-order valence-electron chi connectivity index (χ2n) is 11.8. The largest absolute Gasteiger partial charge is 0.494 e. The number of aliphatic hydroxyl groups is 1. The van der Waals surface area contributed by atoms with Gasteiger partial charge in [0.2, 0.25) is 11.8 Å². The van der Waals surface area contributed by atoms with Gasteiger partial charge in [-0.25, -0.2) is 4.39 Å². The lowest BCUT2D eigenvalue weighted by Crippen LogP contribution is -2.61. The molecule has 4 atom stereocenters. The van der Waals surface area contributed by atoms with Crippen LogP contribution in [0, 0.1) is 23.1 Å². The molecule has 4 saturated carbocycles. The van der Waals surface area contributed by atoms with Gasteiger partial charge in [0.15, 0.2) is 11.6 Å². The van der Waals surface area contributed by atoms with E-state index in [1.54, 1.807) is 12.1 Å². The summed E-state index contributed by atoms with van der Waals surface area (Å²) >= 11 is 0. The highest BCUT2D eigenvalue weighted by Crippen LogP contribution is 2.62. The molecule has 1 aromatic rings. The Bertz CT molecular complexity index is 967. The lowest BCUT2D eigenvalue weighted by molar-refractivity contribution is -0.173. The van der Waals surface area contributed by atoms with Crippen LogP contribution >= 0.6 is 0 Å². The van der Waals surface area contributed by atoms with Crippen molar-refractivity contribution < 1.29 is 23.8 Å². The van der Waals surface area contributed by atoms with E-state index in [1.807, 2.05) is 0 Å². The van der Waals surface area contributed by atoms with E-state index in [9.17, 15) is 19.1 Å². The number of hydrogen-bond acceptors (Lipinski definition) is 4. The molecule has 4 unspecified atom stereocenters. The van der Waals surface area contributed by atoms with Crippen molar-refractivity contribution in [1.82, 2.24) is 10.6 Å². The lowest BCUT2D eigenvalue weighted by atomic mass is 9.46. The molecule has 1 aromatic carbocycles. The Kier molecular flexibility index (Phi) is 5.90. The van der Waals surface area contributed by atoms with Crippen molar-refractivity contribution in [3.8, 4) is 5.75 Å². The molecule has 0 spiro atoms. The van der Waals surface area contributed by atoms with Crippen molar-refractivity contribution in [1.29, 1.82) is 0 Å². The number of hydrogen-bond donors (Lipinski definition) is 3. The molecule has 0 radical (unpaired) electrons. The minimum atomic E-state index is -0.544. The van der Waals surface area contributed by atoms with Crippen LogP contribution in [-0.4, -0.2) is 41.2 Å². The van der Waals surface area contributed by atoms with Gasteiger partial charge in [-0.3, -0.25) is 9.59 Å². The summed E-state index contributed by atoms with van der Waals surface area (Å²) in [5.41, 5.74) is -0.192. The highest BCUT2D eigenvalue weighted by molar-refractivity contribution is 5.80. The van der Waals surface area contributed by atoms with Crippen LogP contribution in [0.2, 0.25) is 0 Å². The van der Waals surface area contributed by atoms with Crippen LogP contribution in [0.5, 0.6) is 5.75 Å². The normalized spacial score (nSPS) is 36.9. The summed E-state index contributed by atoms with van der Waals surface area (Å²) < 4.78 is 19.0. The molecule has 1 heterocycles. The predicted octanol–water partition coefficient (Wildman–Crippen LogP) is 3.64. The summed E-state index contributed by atoms with van der Waals surface area (Å²) in [5, 5.41) is 17.4. The highest BCUT2D eigenvalue weighted by atomic mass is 19.1. The zero-order chi connectivity index (χ0) is 24.1. The van der Waals surface area contributed by atoms with E-state index < -0.39 is 17.0 Å². The monoisotopic (exact) mass is 472 g/mol. The first kappa shape index (κ1) is 23.6. The van der Waals surface area contributed by atoms with Crippen molar-refractivity contribution in [2.45, 2.75) is 94.7 Å². The summed E-state index contributed by atoms with van der Waals surface area (Å²) in [6, 6.07) is 4.78. The second kappa shape index (κ2) is 8.51. The van der Waals surface area contributed by atoms with Crippen LogP contribution < -0.4 is 15.4 Å². The topological polar surface area (TPSA) is 87.7 Å². The fourth-order valence-corrected chi connectivity index (χ4v) is 8.00. The Morgan fingerprint density at radius 3 is 2.65 bits per heavy atom. The molecule has 186 valence electrons. The van der Waals surface area contributed by atoms with Crippen LogP contribution in [0.3, 0.4) is 0 Å². The van der Waals surface area contributed by atoms with Gasteiger partial charge in [-0.2, -0.15) is 0 Å². The number of carbonyl (C=O) groups is 2. The first-order chi connectivity index (χ1) is 16.1.